The number of para-hydroxylation sites is 1. The van der Waals surface area contributed by atoms with E-state index < -0.39 is 0 Å². The summed E-state index contributed by atoms with van der Waals surface area (Å²) in [4.78, 5) is 14.1. The van der Waals surface area contributed by atoms with E-state index in [0.29, 0.717) is 24.2 Å². The van der Waals surface area contributed by atoms with Crippen molar-refractivity contribution in [3.05, 3.63) is 54.0 Å². The molecule has 19 heavy (non-hydrogen) atoms. The Bertz CT molecular complexity index is 632. The Hall–Kier alpha value is -2.56. The summed E-state index contributed by atoms with van der Waals surface area (Å²) < 4.78 is 4.95. The molecule has 0 radical (unpaired) electrons. The number of hydrogen-bond donors (Lipinski definition) is 1. The van der Waals surface area contributed by atoms with Gasteiger partial charge in [-0.3, -0.25) is 4.79 Å². The molecule has 0 unspecified atom stereocenters. The van der Waals surface area contributed by atoms with Gasteiger partial charge in [-0.1, -0.05) is 23.4 Å². The van der Waals surface area contributed by atoms with Crippen molar-refractivity contribution in [2.45, 2.75) is 6.42 Å². The third-order valence-corrected chi connectivity index (χ3v) is 3.21. The Morgan fingerprint density at radius 1 is 1.32 bits per heavy atom. The second-order valence-corrected chi connectivity index (χ2v) is 4.28. The quantitative estimate of drug-likeness (QED) is 0.629. The van der Waals surface area contributed by atoms with Crippen LogP contribution in [0.4, 0.5) is 5.69 Å². The molecule has 2 aromatic rings. The summed E-state index contributed by atoms with van der Waals surface area (Å²) in [5, 5.41) is 12.3. The van der Waals surface area contributed by atoms with Gasteiger partial charge in [0.05, 0.1) is 23.2 Å². The number of rotatable bonds is 1. The minimum absolute atomic E-state index is 0.113. The maximum absolute atomic E-state index is 12.4. The molecule has 0 bridgehead atoms. The second kappa shape index (κ2) is 4.61. The summed E-state index contributed by atoms with van der Waals surface area (Å²) in [6.07, 6.45) is 3.43. The molecule has 96 valence electrons. The molecular formula is C14H12N2O3. The first-order valence-corrected chi connectivity index (χ1v) is 5.95. The minimum atomic E-state index is -0.113. The Balaban J connectivity index is 2.03. The van der Waals surface area contributed by atoms with E-state index in [1.54, 1.807) is 11.0 Å². The minimum Gasteiger partial charge on any atom is -0.472 e. The Labute approximate surface area is 109 Å². The van der Waals surface area contributed by atoms with E-state index in [1.807, 2.05) is 24.3 Å². The highest BCUT2D eigenvalue weighted by Gasteiger charge is 2.27. The van der Waals surface area contributed by atoms with Crippen LogP contribution in [-0.2, 0) is 0 Å². The van der Waals surface area contributed by atoms with Gasteiger partial charge in [-0.25, -0.2) is 0 Å². The average Bonchev–Trinajstić information content (AvgIpc) is 2.99. The molecule has 1 aromatic carbocycles. The largest absolute Gasteiger partial charge is 0.472 e. The van der Waals surface area contributed by atoms with Gasteiger partial charge in [-0.15, -0.1) is 0 Å². The second-order valence-electron chi connectivity index (χ2n) is 4.28. The first-order valence-electron chi connectivity index (χ1n) is 5.95. The summed E-state index contributed by atoms with van der Waals surface area (Å²) in [6.45, 7) is 0.487. The van der Waals surface area contributed by atoms with E-state index in [2.05, 4.69) is 5.16 Å². The molecule has 0 atom stereocenters. The molecule has 0 fully saturated rings. The Kier molecular flexibility index (Phi) is 2.79. The van der Waals surface area contributed by atoms with E-state index in [9.17, 15) is 4.79 Å². The molecule has 0 spiro atoms. The highest BCUT2D eigenvalue weighted by Crippen LogP contribution is 2.28. The molecule has 0 aliphatic carbocycles. The lowest BCUT2D eigenvalue weighted by molar-refractivity contribution is 0.0986. The van der Waals surface area contributed by atoms with Gasteiger partial charge in [0, 0.05) is 18.5 Å². The van der Waals surface area contributed by atoms with Crippen molar-refractivity contribution in [3.63, 3.8) is 0 Å². The summed E-state index contributed by atoms with van der Waals surface area (Å²) in [5.41, 5.74) is 2.66. The van der Waals surface area contributed by atoms with Crippen molar-refractivity contribution in [1.29, 1.82) is 0 Å². The molecule has 0 saturated heterocycles. The highest BCUT2D eigenvalue weighted by molar-refractivity contribution is 6.14. The van der Waals surface area contributed by atoms with E-state index in [4.69, 9.17) is 9.62 Å². The number of fused-ring (bicyclic) bond motifs is 1. The number of oxime groups is 1. The first kappa shape index (κ1) is 11.5. The molecular weight excluding hydrogens is 244 g/mol. The van der Waals surface area contributed by atoms with Gasteiger partial charge in [0.2, 0.25) is 0 Å². The zero-order valence-corrected chi connectivity index (χ0v) is 10.1. The lowest BCUT2D eigenvalue weighted by atomic mass is 9.99. The number of carbonyl (C=O) groups excluding carboxylic acids is 1. The first-order chi connectivity index (χ1) is 9.31. The van der Waals surface area contributed by atoms with Crippen LogP contribution in [0.25, 0.3) is 0 Å². The summed E-state index contributed by atoms with van der Waals surface area (Å²) in [6, 6.07) is 9.04. The summed E-state index contributed by atoms with van der Waals surface area (Å²) >= 11 is 0. The highest BCUT2D eigenvalue weighted by atomic mass is 16.4. The lowest BCUT2D eigenvalue weighted by Gasteiger charge is -2.29. The van der Waals surface area contributed by atoms with Crippen LogP contribution in [0.5, 0.6) is 0 Å². The molecule has 1 amide bonds. The third kappa shape index (κ3) is 1.89. The molecule has 1 aromatic heterocycles. The number of carbonyl (C=O) groups is 1. The molecule has 5 nitrogen and oxygen atoms in total. The van der Waals surface area contributed by atoms with Crippen LogP contribution in [0, 0.1) is 0 Å². The predicted octanol–water partition coefficient (Wildman–Crippen LogP) is 2.51. The summed E-state index contributed by atoms with van der Waals surface area (Å²) in [7, 11) is 0. The molecule has 2 heterocycles. The molecule has 5 heteroatoms. The number of benzene rings is 1. The van der Waals surface area contributed by atoms with E-state index >= 15 is 0 Å². The topological polar surface area (TPSA) is 66.0 Å². The van der Waals surface area contributed by atoms with Crippen LogP contribution in [0.1, 0.15) is 22.3 Å². The van der Waals surface area contributed by atoms with Crippen molar-refractivity contribution in [2.75, 3.05) is 11.4 Å². The van der Waals surface area contributed by atoms with E-state index in [1.165, 1.54) is 12.5 Å². The van der Waals surface area contributed by atoms with Gasteiger partial charge in [-0.2, -0.15) is 0 Å². The average molecular weight is 256 g/mol. The molecule has 1 N–H and O–H groups in total. The fourth-order valence-electron chi connectivity index (χ4n) is 2.28. The van der Waals surface area contributed by atoms with Crippen LogP contribution in [0.3, 0.4) is 0 Å². The van der Waals surface area contributed by atoms with Crippen molar-refractivity contribution < 1.29 is 14.4 Å². The maximum atomic E-state index is 12.4. The van der Waals surface area contributed by atoms with E-state index in [-0.39, 0.29) is 5.91 Å². The number of nitrogens with zero attached hydrogens (tertiary/aromatic N) is 2. The van der Waals surface area contributed by atoms with Crippen molar-refractivity contribution >= 4 is 17.3 Å². The van der Waals surface area contributed by atoms with Gasteiger partial charge < -0.3 is 14.5 Å². The lowest BCUT2D eigenvalue weighted by Crippen LogP contribution is -2.37. The number of amides is 1. The molecule has 3 rings (SSSR count). The van der Waals surface area contributed by atoms with Crippen LogP contribution >= 0.6 is 0 Å². The van der Waals surface area contributed by atoms with E-state index in [0.717, 1.165) is 11.3 Å². The SMILES string of the molecule is O=C(c1ccoc1)N1CCC(=NO)c2ccccc21. The Morgan fingerprint density at radius 2 is 2.16 bits per heavy atom. The number of anilines is 1. The van der Waals surface area contributed by atoms with Crippen molar-refractivity contribution in [1.82, 2.24) is 0 Å². The molecule has 1 aliphatic rings. The fraction of sp³-hybridized carbons (Fsp3) is 0.143. The number of hydrogen-bond acceptors (Lipinski definition) is 4. The van der Waals surface area contributed by atoms with Crippen LogP contribution in [0.15, 0.2) is 52.4 Å². The standard InChI is InChI=1S/C14H12N2O3/c17-14(10-6-8-19-9-10)16-7-5-12(15-18)11-3-1-2-4-13(11)16/h1-4,6,8-9,18H,5,7H2. The van der Waals surface area contributed by atoms with Gasteiger partial charge in [-0.05, 0) is 12.1 Å². The third-order valence-electron chi connectivity index (χ3n) is 3.21. The fourth-order valence-corrected chi connectivity index (χ4v) is 2.28. The molecule has 0 saturated carbocycles. The normalized spacial score (nSPS) is 16.4. The van der Waals surface area contributed by atoms with Crippen molar-refractivity contribution in [3.8, 4) is 0 Å². The monoisotopic (exact) mass is 256 g/mol. The van der Waals surface area contributed by atoms with Gasteiger partial charge in [0.25, 0.3) is 5.91 Å². The molecule has 1 aliphatic heterocycles. The number of furan rings is 1. The van der Waals surface area contributed by atoms with Crippen LogP contribution in [-0.4, -0.2) is 23.4 Å². The smallest absolute Gasteiger partial charge is 0.261 e. The zero-order chi connectivity index (χ0) is 13.2. The van der Waals surface area contributed by atoms with Gasteiger partial charge in [0.1, 0.15) is 6.26 Å². The predicted molar refractivity (Wildman–Crippen MR) is 69.8 cm³/mol. The van der Waals surface area contributed by atoms with Gasteiger partial charge >= 0.3 is 0 Å². The van der Waals surface area contributed by atoms with Crippen LogP contribution in [0.2, 0.25) is 0 Å². The maximum Gasteiger partial charge on any atom is 0.261 e. The Morgan fingerprint density at radius 3 is 2.89 bits per heavy atom. The zero-order valence-electron chi connectivity index (χ0n) is 10.1. The van der Waals surface area contributed by atoms with Crippen LogP contribution < -0.4 is 4.90 Å². The van der Waals surface area contributed by atoms with Crippen molar-refractivity contribution in [2.24, 2.45) is 5.16 Å². The van der Waals surface area contributed by atoms with Gasteiger partial charge in [0.15, 0.2) is 0 Å². The summed E-state index contributed by atoms with van der Waals surface area (Å²) in [5.74, 6) is -0.113.